The number of rotatable bonds is 1. The molecule has 1 aromatic carbocycles. The fourth-order valence-corrected chi connectivity index (χ4v) is 4.85. The van der Waals surface area contributed by atoms with Gasteiger partial charge in [-0.2, -0.15) is 0 Å². The van der Waals surface area contributed by atoms with Crippen molar-refractivity contribution in [3.63, 3.8) is 0 Å². The molecule has 4 rings (SSSR count). The average Bonchev–Trinajstić information content (AvgIpc) is 2.91. The van der Waals surface area contributed by atoms with E-state index in [4.69, 9.17) is 0 Å². The van der Waals surface area contributed by atoms with E-state index in [-0.39, 0.29) is 11.5 Å². The summed E-state index contributed by atoms with van der Waals surface area (Å²) in [6, 6.07) is 6.29. The molecule has 0 saturated heterocycles. The summed E-state index contributed by atoms with van der Waals surface area (Å²) in [6.07, 6.45) is 3.11. The van der Waals surface area contributed by atoms with Crippen LogP contribution in [-0.2, 0) is 19.4 Å². The predicted molar refractivity (Wildman–Crippen MR) is 84.3 cm³/mol. The van der Waals surface area contributed by atoms with E-state index in [9.17, 15) is 10.2 Å². The summed E-state index contributed by atoms with van der Waals surface area (Å²) >= 11 is 1.90. The molecule has 0 radical (unpaired) electrons. The molecule has 2 aromatic rings. The van der Waals surface area contributed by atoms with Crippen molar-refractivity contribution in [2.75, 3.05) is 0 Å². The molecule has 1 aliphatic heterocycles. The normalized spacial score (nSPS) is 23.3. The molecule has 1 aromatic heterocycles. The summed E-state index contributed by atoms with van der Waals surface area (Å²) in [6.45, 7) is 3.15. The fourth-order valence-electron chi connectivity index (χ4n) is 3.74. The lowest BCUT2D eigenvalue weighted by Crippen LogP contribution is -2.41. The van der Waals surface area contributed by atoms with Gasteiger partial charge in [0.1, 0.15) is 0 Å². The van der Waals surface area contributed by atoms with Crippen LogP contribution in [0.15, 0.2) is 18.2 Å². The van der Waals surface area contributed by atoms with Gasteiger partial charge in [-0.15, -0.1) is 11.3 Å². The fraction of sp³-hybridized carbons (Fsp3) is 0.412. The average molecular weight is 301 g/mol. The zero-order valence-electron chi connectivity index (χ0n) is 12.0. The van der Waals surface area contributed by atoms with Crippen LogP contribution >= 0.6 is 11.3 Å². The standard InChI is InChI=1S/C17H19NO2S/c1-2-10-6-12-16(21-10)8-18-13-4-3-9-5-14(19)15(20)7-11(9)17(12)13/h5-7,13,17-20H,2-4,8H2,1H3/t13-,17-/m1/s1. The second-order valence-corrected chi connectivity index (χ2v) is 7.21. The van der Waals surface area contributed by atoms with Crippen molar-refractivity contribution >= 4 is 11.3 Å². The molecule has 21 heavy (non-hydrogen) atoms. The van der Waals surface area contributed by atoms with Crippen LogP contribution in [0.25, 0.3) is 0 Å². The van der Waals surface area contributed by atoms with Gasteiger partial charge >= 0.3 is 0 Å². The Morgan fingerprint density at radius 3 is 2.81 bits per heavy atom. The maximum Gasteiger partial charge on any atom is 0.157 e. The van der Waals surface area contributed by atoms with E-state index >= 15 is 0 Å². The van der Waals surface area contributed by atoms with Crippen LogP contribution in [-0.4, -0.2) is 16.3 Å². The monoisotopic (exact) mass is 301 g/mol. The van der Waals surface area contributed by atoms with Crippen LogP contribution in [0.3, 0.4) is 0 Å². The molecule has 2 atom stereocenters. The van der Waals surface area contributed by atoms with E-state index in [1.807, 2.05) is 11.3 Å². The number of hydrogen-bond donors (Lipinski definition) is 3. The SMILES string of the molecule is CCc1cc2c(s1)CN[C@@H]1CCc3cc(O)c(O)cc3[C@H]21. The molecular formula is C17H19NO2S. The van der Waals surface area contributed by atoms with Crippen molar-refractivity contribution < 1.29 is 10.2 Å². The van der Waals surface area contributed by atoms with E-state index < -0.39 is 0 Å². The van der Waals surface area contributed by atoms with Gasteiger partial charge in [0.25, 0.3) is 0 Å². The van der Waals surface area contributed by atoms with Gasteiger partial charge in [-0.25, -0.2) is 0 Å². The van der Waals surface area contributed by atoms with Gasteiger partial charge < -0.3 is 15.5 Å². The van der Waals surface area contributed by atoms with Gasteiger partial charge in [-0.05, 0) is 54.2 Å². The Bertz CT molecular complexity index is 707. The van der Waals surface area contributed by atoms with Crippen LogP contribution in [0.5, 0.6) is 11.5 Å². The maximum atomic E-state index is 9.90. The predicted octanol–water partition coefficient (Wildman–Crippen LogP) is 3.27. The lowest BCUT2D eigenvalue weighted by molar-refractivity contribution is 0.382. The molecule has 0 amide bonds. The summed E-state index contributed by atoms with van der Waals surface area (Å²) in [7, 11) is 0. The van der Waals surface area contributed by atoms with Crippen molar-refractivity contribution in [3.05, 3.63) is 44.6 Å². The van der Waals surface area contributed by atoms with E-state index in [2.05, 4.69) is 18.3 Å². The van der Waals surface area contributed by atoms with E-state index in [0.717, 1.165) is 25.8 Å². The number of fused-ring (bicyclic) bond motifs is 5. The minimum atomic E-state index is -0.00697. The maximum absolute atomic E-state index is 9.90. The molecular weight excluding hydrogens is 282 g/mol. The molecule has 4 heteroatoms. The molecule has 2 aliphatic rings. The highest BCUT2D eigenvalue weighted by Crippen LogP contribution is 2.46. The van der Waals surface area contributed by atoms with E-state index in [0.29, 0.717) is 12.0 Å². The molecule has 3 nitrogen and oxygen atoms in total. The molecule has 1 aliphatic carbocycles. The van der Waals surface area contributed by atoms with Gasteiger partial charge in [0.05, 0.1) is 0 Å². The zero-order chi connectivity index (χ0) is 14.6. The summed E-state index contributed by atoms with van der Waals surface area (Å²) < 4.78 is 0. The number of hydrogen-bond acceptors (Lipinski definition) is 4. The summed E-state index contributed by atoms with van der Waals surface area (Å²) in [5, 5.41) is 23.3. The Morgan fingerprint density at radius 1 is 1.19 bits per heavy atom. The van der Waals surface area contributed by atoms with Crippen molar-refractivity contribution in [1.29, 1.82) is 0 Å². The molecule has 0 unspecified atom stereocenters. The number of phenolic OH excluding ortho intramolecular Hbond substituents is 2. The Morgan fingerprint density at radius 2 is 2.00 bits per heavy atom. The van der Waals surface area contributed by atoms with Gasteiger partial charge in [0, 0.05) is 28.3 Å². The highest BCUT2D eigenvalue weighted by molar-refractivity contribution is 7.12. The zero-order valence-corrected chi connectivity index (χ0v) is 12.8. The third-order valence-corrected chi connectivity index (χ3v) is 6.09. The van der Waals surface area contributed by atoms with Gasteiger partial charge in [-0.1, -0.05) is 6.92 Å². The first-order chi connectivity index (χ1) is 10.2. The highest BCUT2D eigenvalue weighted by Gasteiger charge is 2.36. The molecule has 2 heterocycles. The third-order valence-electron chi connectivity index (χ3n) is 4.80. The number of aryl methyl sites for hydroxylation is 2. The first kappa shape index (κ1) is 13.2. The summed E-state index contributed by atoms with van der Waals surface area (Å²) in [5.74, 6) is 0.295. The molecule has 0 saturated carbocycles. The van der Waals surface area contributed by atoms with Crippen LogP contribution in [0.2, 0.25) is 0 Å². The number of benzene rings is 1. The Labute approximate surface area is 128 Å². The van der Waals surface area contributed by atoms with Gasteiger partial charge in [-0.3, -0.25) is 0 Å². The topological polar surface area (TPSA) is 52.5 Å². The third kappa shape index (κ3) is 1.97. The van der Waals surface area contributed by atoms with E-state index in [1.165, 1.54) is 26.4 Å². The molecule has 0 fully saturated rings. The van der Waals surface area contributed by atoms with Crippen LogP contribution in [0, 0.1) is 0 Å². The van der Waals surface area contributed by atoms with Crippen LogP contribution in [0.1, 0.15) is 45.7 Å². The molecule has 110 valence electrons. The first-order valence-electron chi connectivity index (χ1n) is 7.57. The number of phenols is 2. The van der Waals surface area contributed by atoms with Crippen molar-refractivity contribution in [2.24, 2.45) is 0 Å². The molecule has 0 spiro atoms. The Balaban J connectivity index is 1.88. The van der Waals surface area contributed by atoms with Crippen LogP contribution in [0.4, 0.5) is 0 Å². The van der Waals surface area contributed by atoms with Gasteiger partial charge in [0.15, 0.2) is 11.5 Å². The van der Waals surface area contributed by atoms with Crippen molar-refractivity contribution in [2.45, 2.75) is 44.7 Å². The van der Waals surface area contributed by atoms with Crippen LogP contribution < -0.4 is 5.32 Å². The summed E-state index contributed by atoms with van der Waals surface area (Å²) in [4.78, 5) is 2.85. The Hall–Kier alpha value is -1.52. The largest absolute Gasteiger partial charge is 0.504 e. The quantitative estimate of drug-likeness (QED) is 0.709. The van der Waals surface area contributed by atoms with Crippen molar-refractivity contribution in [1.82, 2.24) is 5.32 Å². The minimum Gasteiger partial charge on any atom is -0.504 e. The van der Waals surface area contributed by atoms with E-state index in [1.54, 1.807) is 12.1 Å². The second kappa shape index (κ2) is 4.75. The smallest absolute Gasteiger partial charge is 0.157 e. The lowest BCUT2D eigenvalue weighted by Gasteiger charge is -2.38. The van der Waals surface area contributed by atoms with Crippen molar-refractivity contribution in [3.8, 4) is 11.5 Å². The van der Waals surface area contributed by atoms with Gasteiger partial charge in [0.2, 0.25) is 0 Å². The number of aromatic hydroxyl groups is 2. The first-order valence-corrected chi connectivity index (χ1v) is 8.38. The number of nitrogens with one attached hydrogen (secondary N) is 1. The highest BCUT2D eigenvalue weighted by atomic mass is 32.1. The molecule has 3 N–H and O–H groups in total. The minimum absolute atomic E-state index is 0.00393. The second-order valence-electron chi connectivity index (χ2n) is 5.99. The lowest BCUT2D eigenvalue weighted by atomic mass is 9.74. The molecule has 0 bridgehead atoms. The Kier molecular flexibility index (Phi) is 2.98. The number of thiophene rings is 1. The summed E-state index contributed by atoms with van der Waals surface area (Å²) in [5.41, 5.74) is 3.77.